The Morgan fingerprint density at radius 1 is 1.26 bits per heavy atom. The molecule has 3 N–H and O–H groups in total. The van der Waals surface area contributed by atoms with E-state index in [1.807, 2.05) is 36.5 Å². The minimum atomic E-state index is 0.0539. The normalized spacial score (nSPS) is 16.3. The number of hydrogen-bond donors (Lipinski definition) is 3. The predicted molar refractivity (Wildman–Crippen MR) is 90.0 cm³/mol. The van der Waals surface area contributed by atoms with Crippen molar-refractivity contribution in [2.24, 2.45) is 0 Å². The second kappa shape index (κ2) is 7.89. The molecular weight excluding hydrogens is 290 g/mol. The van der Waals surface area contributed by atoms with E-state index in [4.69, 9.17) is 0 Å². The quantitative estimate of drug-likeness (QED) is 0.757. The van der Waals surface area contributed by atoms with Crippen molar-refractivity contribution in [2.75, 3.05) is 25.0 Å². The second-order valence-corrected chi connectivity index (χ2v) is 5.88. The number of H-pyrrole nitrogens is 1. The van der Waals surface area contributed by atoms with Gasteiger partial charge in [0, 0.05) is 37.2 Å². The summed E-state index contributed by atoms with van der Waals surface area (Å²) in [7, 11) is 0. The topological polar surface area (TPSA) is 73.0 Å². The minimum absolute atomic E-state index is 0.0539. The van der Waals surface area contributed by atoms with Gasteiger partial charge in [-0.05, 0) is 25.0 Å². The highest BCUT2D eigenvalue weighted by Gasteiger charge is 2.20. The Balaban J connectivity index is 1.36. The molecule has 3 rings (SSSR count). The van der Waals surface area contributed by atoms with Gasteiger partial charge < -0.3 is 15.6 Å². The SMILES string of the molecule is O=C(CN1CCC(NCc2ncc[nH]2)CC1)Nc1ccccc1. The molecule has 2 heterocycles. The Labute approximate surface area is 136 Å². The lowest BCUT2D eigenvalue weighted by Crippen LogP contribution is -2.44. The number of imidazole rings is 1. The van der Waals surface area contributed by atoms with Gasteiger partial charge in [-0.15, -0.1) is 0 Å². The Morgan fingerprint density at radius 2 is 2.04 bits per heavy atom. The van der Waals surface area contributed by atoms with Crippen LogP contribution in [-0.2, 0) is 11.3 Å². The van der Waals surface area contributed by atoms with Crippen LogP contribution in [0.3, 0.4) is 0 Å². The van der Waals surface area contributed by atoms with Crippen molar-refractivity contribution >= 4 is 11.6 Å². The number of carbonyl (C=O) groups excluding carboxylic acids is 1. The van der Waals surface area contributed by atoms with E-state index in [1.54, 1.807) is 6.20 Å². The number of benzene rings is 1. The summed E-state index contributed by atoms with van der Waals surface area (Å²) in [6.45, 7) is 3.11. The highest BCUT2D eigenvalue weighted by Crippen LogP contribution is 2.11. The zero-order valence-electron chi connectivity index (χ0n) is 13.2. The first kappa shape index (κ1) is 15.7. The van der Waals surface area contributed by atoms with Gasteiger partial charge in [0.05, 0.1) is 13.1 Å². The van der Waals surface area contributed by atoms with Crippen molar-refractivity contribution in [1.82, 2.24) is 20.2 Å². The van der Waals surface area contributed by atoms with E-state index < -0.39 is 0 Å². The van der Waals surface area contributed by atoms with Crippen LogP contribution >= 0.6 is 0 Å². The van der Waals surface area contributed by atoms with Gasteiger partial charge in [-0.1, -0.05) is 18.2 Å². The molecule has 0 atom stereocenters. The summed E-state index contributed by atoms with van der Waals surface area (Å²) in [5.41, 5.74) is 0.854. The Kier molecular flexibility index (Phi) is 5.39. The average molecular weight is 313 g/mol. The van der Waals surface area contributed by atoms with E-state index in [2.05, 4.69) is 25.5 Å². The van der Waals surface area contributed by atoms with Crippen molar-refractivity contribution in [2.45, 2.75) is 25.4 Å². The molecule has 1 saturated heterocycles. The number of nitrogens with one attached hydrogen (secondary N) is 3. The highest BCUT2D eigenvalue weighted by atomic mass is 16.2. The van der Waals surface area contributed by atoms with Crippen molar-refractivity contribution in [1.29, 1.82) is 0 Å². The molecule has 0 bridgehead atoms. The first-order chi connectivity index (χ1) is 11.3. The number of para-hydroxylation sites is 1. The Hall–Kier alpha value is -2.18. The van der Waals surface area contributed by atoms with E-state index in [0.29, 0.717) is 12.6 Å². The maximum atomic E-state index is 12.1. The lowest BCUT2D eigenvalue weighted by molar-refractivity contribution is -0.117. The molecule has 0 aliphatic carbocycles. The molecule has 0 saturated carbocycles. The van der Waals surface area contributed by atoms with Gasteiger partial charge >= 0.3 is 0 Å². The molecule has 122 valence electrons. The molecular formula is C17H23N5O. The fourth-order valence-electron chi connectivity index (χ4n) is 2.86. The van der Waals surface area contributed by atoms with E-state index in [1.165, 1.54) is 0 Å². The lowest BCUT2D eigenvalue weighted by atomic mass is 10.1. The maximum absolute atomic E-state index is 12.1. The monoisotopic (exact) mass is 313 g/mol. The van der Waals surface area contributed by atoms with Crippen LogP contribution in [0.25, 0.3) is 0 Å². The summed E-state index contributed by atoms with van der Waals surface area (Å²) < 4.78 is 0. The van der Waals surface area contributed by atoms with Crippen molar-refractivity contribution in [3.63, 3.8) is 0 Å². The summed E-state index contributed by atoms with van der Waals surface area (Å²) >= 11 is 0. The number of piperidine rings is 1. The zero-order chi connectivity index (χ0) is 15.9. The number of nitrogens with zero attached hydrogens (tertiary/aromatic N) is 2. The van der Waals surface area contributed by atoms with Crippen LogP contribution in [0.15, 0.2) is 42.7 Å². The van der Waals surface area contributed by atoms with Crippen LogP contribution < -0.4 is 10.6 Å². The molecule has 0 spiro atoms. The van der Waals surface area contributed by atoms with E-state index in [9.17, 15) is 4.79 Å². The minimum Gasteiger partial charge on any atom is -0.348 e. The fraction of sp³-hybridized carbons (Fsp3) is 0.412. The summed E-state index contributed by atoms with van der Waals surface area (Å²) in [5, 5.41) is 6.45. The van der Waals surface area contributed by atoms with Crippen LogP contribution in [0.2, 0.25) is 0 Å². The molecule has 0 unspecified atom stereocenters. The highest BCUT2D eigenvalue weighted by molar-refractivity contribution is 5.92. The summed E-state index contributed by atoms with van der Waals surface area (Å²) in [4.78, 5) is 21.6. The van der Waals surface area contributed by atoms with Gasteiger partial charge in [-0.25, -0.2) is 4.98 Å². The van der Waals surface area contributed by atoms with Crippen LogP contribution in [0.5, 0.6) is 0 Å². The van der Waals surface area contributed by atoms with Crippen molar-refractivity contribution < 1.29 is 4.79 Å². The fourth-order valence-corrected chi connectivity index (χ4v) is 2.86. The molecule has 23 heavy (non-hydrogen) atoms. The predicted octanol–water partition coefficient (Wildman–Crippen LogP) is 1.60. The number of rotatable bonds is 6. The van der Waals surface area contributed by atoms with Gasteiger partial charge in [-0.2, -0.15) is 0 Å². The number of amides is 1. The molecule has 1 amide bonds. The van der Waals surface area contributed by atoms with Crippen LogP contribution in [0.4, 0.5) is 5.69 Å². The first-order valence-corrected chi connectivity index (χ1v) is 8.08. The van der Waals surface area contributed by atoms with Gasteiger partial charge in [0.15, 0.2) is 0 Å². The molecule has 6 heteroatoms. The molecule has 1 aromatic carbocycles. The largest absolute Gasteiger partial charge is 0.348 e. The molecule has 2 aromatic rings. The molecule has 1 aliphatic rings. The third-order valence-electron chi connectivity index (χ3n) is 4.13. The third kappa shape index (κ3) is 4.91. The maximum Gasteiger partial charge on any atom is 0.238 e. The Bertz CT molecular complexity index is 591. The van der Waals surface area contributed by atoms with Gasteiger partial charge in [0.25, 0.3) is 0 Å². The van der Waals surface area contributed by atoms with Gasteiger partial charge in [-0.3, -0.25) is 9.69 Å². The Morgan fingerprint density at radius 3 is 2.74 bits per heavy atom. The number of hydrogen-bond acceptors (Lipinski definition) is 4. The van der Waals surface area contributed by atoms with Crippen LogP contribution in [0, 0.1) is 0 Å². The smallest absolute Gasteiger partial charge is 0.238 e. The summed E-state index contributed by atoms with van der Waals surface area (Å²) in [6, 6.07) is 10.1. The zero-order valence-corrected chi connectivity index (χ0v) is 13.2. The van der Waals surface area contributed by atoms with E-state index in [-0.39, 0.29) is 5.91 Å². The standard InChI is InChI=1S/C17H23N5O/c23-17(21-15-4-2-1-3-5-15)13-22-10-6-14(7-11-22)20-12-16-18-8-9-19-16/h1-5,8-9,14,20H,6-7,10-13H2,(H,18,19)(H,21,23). The second-order valence-electron chi connectivity index (χ2n) is 5.88. The van der Waals surface area contributed by atoms with Gasteiger partial charge in [0.2, 0.25) is 5.91 Å². The molecule has 0 radical (unpaired) electrons. The molecule has 1 aromatic heterocycles. The van der Waals surface area contributed by atoms with Crippen LogP contribution in [0.1, 0.15) is 18.7 Å². The number of aromatic nitrogens is 2. The van der Waals surface area contributed by atoms with Crippen molar-refractivity contribution in [3.8, 4) is 0 Å². The van der Waals surface area contributed by atoms with E-state index >= 15 is 0 Å². The summed E-state index contributed by atoms with van der Waals surface area (Å²) in [6.07, 6.45) is 5.72. The summed E-state index contributed by atoms with van der Waals surface area (Å²) in [5.74, 6) is 1.02. The van der Waals surface area contributed by atoms with Crippen LogP contribution in [-0.4, -0.2) is 46.5 Å². The lowest BCUT2D eigenvalue weighted by Gasteiger charge is -2.31. The molecule has 6 nitrogen and oxygen atoms in total. The van der Waals surface area contributed by atoms with Crippen molar-refractivity contribution in [3.05, 3.63) is 48.5 Å². The average Bonchev–Trinajstić information content (AvgIpc) is 3.08. The number of aromatic amines is 1. The van der Waals surface area contributed by atoms with Gasteiger partial charge in [0.1, 0.15) is 5.82 Å². The molecule has 1 fully saturated rings. The van der Waals surface area contributed by atoms with E-state index in [0.717, 1.165) is 44.0 Å². The first-order valence-electron chi connectivity index (χ1n) is 8.08. The number of carbonyl (C=O) groups is 1. The molecule has 1 aliphatic heterocycles. The number of anilines is 1. The third-order valence-corrected chi connectivity index (χ3v) is 4.13. The number of likely N-dealkylation sites (tertiary alicyclic amines) is 1.